The fourth-order valence-corrected chi connectivity index (χ4v) is 3.08. The molecule has 3 aromatic rings. The molecular formula is C14H13N5OS. The van der Waals surface area contributed by atoms with Crippen LogP contribution in [0.15, 0.2) is 36.7 Å². The average Bonchev–Trinajstić information content (AvgIpc) is 3.09. The maximum Gasteiger partial charge on any atom is 0.259 e. The number of tetrazole rings is 1. The van der Waals surface area contributed by atoms with Gasteiger partial charge in [0.1, 0.15) is 11.3 Å². The molecule has 0 aliphatic heterocycles. The van der Waals surface area contributed by atoms with Crippen molar-refractivity contribution < 1.29 is 4.79 Å². The number of rotatable bonds is 3. The number of carbonyl (C=O) groups is 1. The summed E-state index contributed by atoms with van der Waals surface area (Å²) in [6, 6.07) is 9.36. The summed E-state index contributed by atoms with van der Waals surface area (Å²) in [4.78, 5) is 13.6. The highest BCUT2D eigenvalue weighted by atomic mass is 32.1. The van der Waals surface area contributed by atoms with E-state index in [2.05, 4.69) is 20.8 Å². The topological polar surface area (TPSA) is 72.7 Å². The molecule has 0 bridgehead atoms. The summed E-state index contributed by atoms with van der Waals surface area (Å²) in [6.45, 7) is 3.91. The third-order valence-corrected chi connectivity index (χ3v) is 4.38. The van der Waals surface area contributed by atoms with Gasteiger partial charge >= 0.3 is 0 Å². The molecular weight excluding hydrogens is 286 g/mol. The third kappa shape index (κ3) is 2.55. The van der Waals surface area contributed by atoms with E-state index in [9.17, 15) is 4.79 Å². The lowest BCUT2D eigenvalue weighted by Gasteiger charge is -2.07. The molecule has 21 heavy (non-hydrogen) atoms. The minimum atomic E-state index is -0.159. The van der Waals surface area contributed by atoms with Gasteiger partial charge in [0.2, 0.25) is 0 Å². The number of amides is 1. The van der Waals surface area contributed by atoms with Gasteiger partial charge in [-0.15, -0.1) is 16.4 Å². The van der Waals surface area contributed by atoms with Crippen LogP contribution in [-0.4, -0.2) is 26.1 Å². The average molecular weight is 299 g/mol. The lowest BCUT2D eigenvalue weighted by Crippen LogP contribution is -2.15. The van der Waals surface area contributed by atoms with Gasteiger partial charge in [-0.2, -0.15) is 4.68 Å². The first kappa shape index (κ1) is 13.4. The van der Waals surface area contributed by atoms with Crippen LogP contribution in [0.4, 0.5) is 5.69 Å². The largest absolute Gasteiger partial charge is 0.322 e. The van der Waals surface area contributed by atoms with Crippen LogP contribution in [0.2, 0.25) is 0 Å². The van der Waals surface area contributed by atoms with E-state index in [-0.39, 0.29) is 5.91 Å². The molecule has 7 heteroatoms. The van der Waals surface area contributed by atoms with Crippen molar-refractivity contribution in [1.82, 2.24) is 20.2 Å². The Hall–Kier alpha value is -2.54. The minimum Gasteiger partial charge on any atom is -0.322 e. The first-order chi connectivity index (χ1) is 10.2. The first-order valence-corrected chi connectivity index (χ1v) is 7.18. The quantitative estimate of drug-likeness (QED) is 0.807. The number of aromatic nitrogens is 4. The van der Waals surface area contributed by atoms with E-state index < -0.39 is 0 Å². The van der Waals surface area contributed by atoms with Crippen LogP contribution >= 0.6 is 11.3 Å². The highest BCUT2D eigenvalue weighted by molar-refractivity contribution is 7.15. The standard InChI is InChI=1S/C14H13N5OS/c1-9-10(2)21-14(19-8-15-17-18-19)12(9)13(20)16-11-6-4-3-5-7-11/h3-8H,1-2H3,(H,16,20). The zero-order valence-corrected chi connectivity index (χ0v) is 12.4. The molecule has 6 nitrogen and oxygen atoms in total. The van der Waals surface area contributed by atoms with Crippen LogP contribution in [0.25, 0.3) is 5.00 Å². The van der Waals surface area contributed by atoms with Gasteiger partial charge in [0.15, 0.2) is 0 Å². The summed E-state index contributed by atoms with van der Waals surface area (Å²) in [5.74, 6) is -0.159. The van der Waals surface area contributed by atoms with E-state index in [1.807, 2.05) is 44.2 Å². The number of para-hydroxylation sites is 1. The SMILES string of the molecule is Cc1sc(-n2cnnn2)c(C(=O)Nc2ccccc2)c1C. The van der Waals surface area contributed by atoms with Crippen molar-refractivity contribution in [1.29, 1.82) is 0 Å². The second-order valence-corrected chi connectivity index (χ2v) is 5.74. The van der Waals surface area contributed by atoms with Gasteiger partial charge in [-0.1, -0.05) is 18.2 Å². The molecule has 0 spiro atoms. The summed E-state index contributed by atoms with van der Waals surface area (Å²) < 4.78 is 1.52. The summed E-state index contributed by atoms with van der Waals surface area (Å²) in [7, 11) is 0. The Labute approximate surface area is 125 Å². The van der Waals surface area contributed by atoms with Crippen molar-refractivity contribution in [2.24, 2.45) is 0 Å². The molecule has 2 heterocycles. The van der Waals surface area contributed by atoms with Crippen LogP contribution in [0.1, 0.15) is 20.8 Å². The molecule has 0 aliphatic carbocycles. The van der Waals surface area contributed by atoms with Crippen molar-refractivity contribution in [3.63, 3.8) is 0 Å². The molecule has 1 amide bonds. The minimum absolute atomic E-state index is 0.159. The third-order valence-electron chi connectivity index (χ3n) is 3.18. The normalized spacial score (nSPS) is 10.6. The zero-order valence-electron chi connectivity index (χ0n) is 11.6. The highest BCUT2D eigenvalue weighted by Crippen LogP contribution is 2.30. The number of hydrogen-bond acceptors (Lipinski definition) is 5. The van der Waals surface area contributed by atoms with Crippen LogP contribution in [-0.2, 0) is 0 Å². The summed E-state index contributed by atoms with van der Waals surface area (Å²) in [6.07, 6.45) is 1.49. The fraction of sp³-hybridized carbons (Fsp3) is 0.143. The number of aryl methyl sites for hydroxylation is 1. The predicted molar refractivity (Wildman–Crippen MR) is 80.9 cm³/mol. The van der Waals surface area contributed by atoms with Crippen molar-refractivity contribution in [2.75, 3.05) is 5.32 Å². The number of carbonyl (C=O) groups excluding carboxylic acids is 1. The fourth-order valence-electron chi connectivity index (χ4n) is 2.01. The summed E-state index contributed by atoms with van der Waals surface area (Å²) in [5.41, 5.74) is 2.31. The lowest BCUT2D eigenvalue weighted by molar-refractivity contribution is 0.102. The van der Waals surface area contributed by atoms with Crippen LogP contribution in [0, 0.1) is 13.8 Å². The Morgan fingerprint density at radius 3 is 2.67 bits per heavy atom. The number of nitrogens with zero attached hydrogens (tertiary/aromatic N) is 4. The Balaban J connectivity index is 2.00. The van der Waals surface area contributed by atoms with Gasteiger partial charge in [-0.3, -0.25) is 4.79 Å². The van der Waals surface area contributed by atoms with Crippen molar-refractivity contribution in [2.45, 2.75) is 13.8 Å². The number of benzene rings is 1. The summed E-state index contributed by atoms with van der Waals surface area (Å²) in [5, 5.41) is 14.8. The smallest absolute Gasteiger partial charge is 0.259 e. The summed E-state index contributed by atoms with van der Waals surface area (Å²) >= 11 is 1.50. The molecule has 0 aliphatic rings. The second kappa shape index (κ2) is 5.45. The molecule has 0 radical (unpaired) electrons. The molecule has 1 N–H and O–H groups in total. The maximum atomic E-state index is 12.6. The van der Waals surface area contributed by atoms with E-state index >= 15 is 0 Å². The van der Waals surface area contributed by atoms with Gasteiger partial charge < -0.3 is 5.32 Å². The van der Waals surface area contributed by atoms with Gasteiger partial charge in [0.05, 0.1) is 5.56 Å². The van der Waals surface area contributed by atoms with Gasteiger partial charge in [-0.25, -0.2) is 0 Å². The molecule has 0 fully saturated rings. The molecule has 0 saturated carbocycles. The van der Waals surface area contributed by atoms with Crippen molar-refractivity contribution >= 4 is 22.9 Å². The monoisotopic (exact) mass is 299 g/mol. The Bertz CT molecular complexity index is 764. The van der Waals surface area contributed by atoms with E-state index in [0.717, 1.165) is 21.1 Å². The molecule has 1 aromatic carbocycles. The number of nitrogens with one attached hydrogen (secondary N) is 1. The van der Waals surface area contributed by atoms with Gasteiger partial charge in [-0.05, 0) is 42.0 Å². The van der Waals surface area contributed by atoms with Crippen LogP contribution in [0.5, 0.6) is 0 Å². The lowest BCUT2D eigenvalue weighted by atomic mass is 10.1. The second-order valence-electron chi connectivity index (χ2n) is 4.54. The Morgan fingerprint density at radius 1 is 1.24 bits per heavy atom. The number of hydrogen-bond donors (Lipinski definition) is 1. The zero-order chi connectivity index (χ0) is 14.8. The Morgan fingerprint density at radius 2 is 2.00 bits per heavy atom. The highest BCUT2D eigenvalue weighted by Gasteiger charge is 2.21. The Kier molecular flexibility index (Phi) is 3.49. The molecule has 106 valence electrons. The molecule has 0 atom stereocenters. The predicted octanol–water partition coefficient (Wildman–Crippen LogP) is 2.59. The van der Waals surface area contributed by atoms with Crippen LogP contribution in [0.3, 0.4) is 0 Å². The number of thiophene rings is 1. The first-order valence-electron chi connectivity index (χ1n) is 6.36. The molecule has 3 rings (SSSR count). The van der Waals surface area contributed by atoms with Crippen molar-refractivity contribution in [3.05, 3.63) is 52.7 Å². The van der Waals surface area contributed by atoms with Gasteiger partial charge in [0.25, 0.3) is 5.91 Å². The van der Waals surface area contributed by atoms with Gasteiger partial charge in [0, 0.05) is 10.6 Å². The van der Waals surface area contributed by atoms with E-state index in [1.54, 1.807) is 0 Å². The van der Waals surface area contributed by atoms with E-state index in [0.29, 0.717) is 5.56 Å². The van der Waals surface area contributed by atoms with E-state index in [4.69, 9.17) is 0 Å². The molecule has 0 unspecified atom stereocenters. The molecule has 2 aromatic heterocycles. The molecule has 0 saturated heterocycles. The van der Waals surface area contributed by atoms with Crippen LogP contribution < -0.4 is 5.32 Å². The number of anilines is 1. The maximum absolute atomic E-state index is 12.6. The van der Waals surface area contributed by atoms with Crippen molar-refractivity contribution in [3.8, 4) is 5.00 Å². The van der Waals surface area contributed by atoms with E-state index in [1.165, 1.54) is 22.3 Å².